The molecular weight excluding hydrogens is 727 g/mol. The summed E-state index contributed by atoms with van der Waals surface area (Å²) in [6.45, 7) is 2.19. The van der Waals surface area contributed by atoms with Gasteiger partial charge in [0.1, 0.15) is 5.82 Å². The fraction of sp³-hybridized carbons (Fsp3) is 0.0175. The van der Waals surface area contributed by atoms with Crippen molar-refractivity contribution in [1.82, 2.24) is 14.5 Å². The third-order valence-electron chi connectivity index (χ3n) is 12.3. The molecular formula is C57H37N3. The van der Waals surface area contributed by atoms with Crippen molar-refractivity contribution < 1.29 is 0 Å². The molecule has 0 spiro atoms. The average molecular weight is 764 g/mol. The number of hydrogen-bond acceptors (Lipinski definition) is 2. The molecule has 0 aliphatic heterocycles. The van der Waals surface area contributed by atoms with Gasteiger partial charge in [-0.1, -0.05) is 170 Å². The monoisotopic (exact) mass is 763 g/mol. The first-order chi connectivity index (χ1) is 29.7. The highest BCUT2D eigenvalue weighted by Crippen LogP contribution is 2.45. The van der Waals surface area contributed by atoms with Crippen LogP contribution in [0.1, 0.15) is 5.56 Å². The van der Waals surface area contributed by atoms with Gasteiger partial charge in [-0.2, -0.15) is 0 Å². The number of hydrogen-bond donors (Lipinski definition) is 0. The molecule has 10 aromatic carbocycles. The van der Waals surface area contributed by atoms with Crippen LogP contribution >= 0.6 is 0 Å². The van der Waals surface area contributed by atoms with Gasteiger partial charge in [0.25, 0.3) is 0 Å². The second kappa shape index (κ2) is 13.6. The topological polar surface area (TPSA) is 30.7 Å². The van der Waals surface area contributed by atoms with Crippen molar-refractivity contribution in [3.63, 3.8) is 0 Å². The Morgan fingerprint density at radius 1 is 0.333 bits per heavy atom. The van der Waals surface area contributed by atoms with E-state index in [1.807, 2.05) is 6.07 Å². The molecule has 0 aliphatic rings. The lowest BCUT2D eigenvalue weighted by Crippen LogP contribution is -2.06. The molecule has 280 valence electrons. The van der Waals surface area contributed by atoms with E-state index in [1.54, 1.807) is 0 Å². The minimum Gasteiger partial charge on any atom is -0.293 e. The molecule has 60 heavy (non-hydrogen) atoms. The second-order valence-corrected chi connectivity index (χ2v) is 15.8. The third kappa shape index (κ3) is 5.37. The van der Waals surface area contributed by atoms with Gasteiger partial charge < -0.3 is 0 Å². The van der Waals surface area contributed by atoms with E-state index in [2.05, 4.69) is 212 Å². The van der Waals surface area contributed by atoms with Crippen LogP contribution in [0.3, 0.4) is 0 Å². The van der Waals surface area contributed by atoms with Crippen LogP contribution < -0.4 is 0 Å². The Kier molecular flexibility index (Phi) is 7.76. The number of fused-ring (bicyclic) bond motifs is 11. The van der Waals surface area contributed by atoms with Crippen LogP contribution in [0.5, 0.6) is 0 Å². The van der Waals surface area contributed by atoms with Gasteiger partial charge in [0.05, 0.1) is 16.7 Å². The Balaban J connectivity index is 1.23. The molecule has 0 atom stereocenters. The van der Waals surface area contributed by atoms with Crippen LogP contribution in [0.4, 0.5) is 0 Å². The van der Waals surface area contributed by atoms with E-state index >= 15 is 0 Å². The third-order valence-corrected chi connectivity index (χ3v) is 12.3. The maximum absolute atomic E-state index is 5.56. The highest BCUT2D eigenvalue weighted by atomic mass is 15.1. The smallest absolute Gasteiger partial charge is 0.162 e. The first-order valence-electron chi connectivity index (χ1n) is 20.6. The molecule has 0 bridgehead atoms. The maximum Gasteiger partial charge on any atom is 0.162 e. The summed E-state index contributed by atoms with van der Waals surface area (Å²) < 4.78 is 2.41. The fourth-order valence-corrected chi connectivity index (χ4v) is 9.49. The standard InChI is InChI=1S/C57H37N3/c1-36-55(44-32-42(37-17-5-2-6-18-37)31-43(33-44)38-19-7-3-8-20-38)58-56(39-21-9-4-10-22-39)59-57(36)60-51-30-29-49-47-27-14-13-25-45(47)46-26-15-16-28-48(46)53(49)54(51)50-34-40-23-11-12-24-41(40)35-52(50)60/h2-35H,1H3. The molecule has 0 saturated heterocycles. The zero-order valence-corrected chi connectivity index (χ0v) is 33.0. The Morgan fingerprint density at radius 3 is 1.43 bits per heavy atom. The molecule has 0 N–H and O–H groups in total. The van der Waals surface area contributed by atoms with E-state index in [-0.39, 0.29) is 0 Å². The van der Waals surface area contributed by atoms with Crippen molar-refractivity contribution >= 4 is 64.9 Å². The summed E-state index contributed by atoms with van der Waals surface area (Å²) in [5.41, 5.74) is 10.8. The van der Waals surface area contributed by atoms with E-state index in [9.17, 15) is 0 Å². The summed E-state index contributed by atoms with van der Waals surface area (Å²) >= 11 is 0. The van der Waals surface area contributed by atoms with Gasteiger partial charge in [0.15, 0.2) is 5.82 Å². The summed E-state index contributed by atoms with van der Waals surface area (Å²) in [6.07, 6.45) is 0. The Morgan fingerprint density at radius 2 is 0.817 bits per heavy atom. The zero-order valence-electron chi connectivity index (χ0n) is 33.0. The van der Waals surface area contributed by atoms with E-state index < -0.39 is 0 Å². The molecule has 2 aromatic heterocycles. The number of rotatable bonds is 5. The highest BCUT2D eigenvalue weighted by molar-refractivity contribution is 6.35. The van der Waals surface area contributed by atoms with Crippen LogP contribution in [-0.2, 0) is 0 Å². The predicted molar refractivity (Wildman–Crippen MR) is 253 cm³/mol. The highest BCUT2D eigenvalue weighted by Gasteiger charge is 2.24. The van der Waals surface area contributed by atoms with Crippen LogP contribution in [0.2, 0.25) is 0 Å². The van der Waals surface area contributed by atoms with Gasteiger partial charge in [-0.15, -0.1) is 0 Å². The summed E-state index contributed by atoms with van der Waals surface area (Å²) in [6, 6.07) is 74.4. The summed E-state index contributed by atoms with van der Waals surface area (Å²) in [7, 11) is 0. The van der Waals surface area contributed by atoms with Crippen molar-refractivity contribution in [2.75, 3.05) is 0 Å². The first-order valence-corrected chi connectivity index (χ1v) is 20.6. The molecule has 3 heteroatoms. The van der Waals surface area contributed by atoms with Crippen LogP contribution in [0.25, 0.3) is 116 Å². The molecule has 0 radical (unpaired) electrons. The summed E-state index contributed by atoms with van der Waals surface area (Å²) in [4.78, 5) is 11.0. The molecule has 2 heterocycles. The Labute approximate surface area is 347 Å². The van der Waals surface area contributed by atoms with Crippen molar-refractivity contribution in [2.45, 2.75) is 6.92 Å². The SMILES string of the molecule is Cc1c(-c2cc(-c3ccccc3)cc(-c3ccccc3)c2)nc(-c2ccccc2)nc1-n1c2cc3ccccc3cc2c2c3c4ccccc4c4ccccc4c3ccc21. The Bertz CT molecular complexity index is 3550. The lowest BCUT2D eigenvalue weighted by molar-refractivity contribution is 1.02. The number of nitrogens with zero attached hydrogens (tertiary/aromatic N) is 3. The Hall–Kier alpha value is -7.88. The molecule has 12 rings (SSSR count). The second-order valence-electron chi connectivity index (χ2n) is 15.8. The molecule has 0 amide bonds. The van der Waals surface area contributed by atoms with Gasteiger partial charge in [0.2, 0.25) is 0 Å². The summed E-state index contributed by atoms with van der Waals surface area (Å²) in [5, 5.41) is 12.4. The van der Waals surface area contributed by atoms with Gasteiger partial charge >= 0.3 is 0 Å². The van der Waals surface area contributed by atoms with Gasteiger partial charge in [0, 0.05) is 32.8 Å². The van der Waals surface area contributed by atoms with E-state index in [0.717, 1.165) is 61.5 Å². The van der Waals surface area contributed by atoms with Crippen LogP contribution in [0.15, 0.2) is 206 Å². The normalized spacial score (nSPS) is 11.8. The molecule has 12 aromatic rings. The first kappa shape index (κ1) is 34.2. The molecule has 0 fully saturated rings. The van der Waals surface area contributed by atoms with Gasteiger partial charge in [-0.05, 0) is 103 Å². The lowest BCUT2D eigenvalue weighted by Gasteiger charge is -2.18. The van der Waals surface area contributed by atoms with Gasteiger partial charge in [-0.25, -0.2) is 9.97 Å². The zero-order chi connectivity index (χ0) is 39.7. The van der Waals surface area contributed by atoms with E-state index in [0.29, 0.717) is 5.82 Å². The average Bonchev–Trinajstić information content (AvgIpc) is 3.64. The number of benzene rings is 10. The van der Waals surface area contributed by atoms with Crippen molar-refractivity contribution in [2.24, 2.45) is 0 Å². The molecule has 0 aliphatic carbocycles. The quantitative estimate of drug-likeness (QED) is 0.163. The lowest BCUT2D eigenvalue weighted by atomic mass is 9.91. The van der Waals surface area contributed by atoms with E-state index in [1.165, 1.54) is 53.9 Å². The number of aromatic nitrogens is 3. The minimum absolute atomic E-state index is 0.686. The summed E-state index contributed by atoms with van der Waals surface area (Å²) in [5.74, 6) is 1.55. The van der Waals surface area contributed by atoms with E-state index in [4.69, 9.17) is 9.97 Å². The van der Waals surface area contributed by atoms with Gasteiger partial charge in [-0.3, -0.25) is 4.57 Å². The largest absolute Gasteiger partial charge is 0.293 e. The van der Waals surface area contributed by atoms with Crippen molar-refractivity contribution in [3.8, 4) is 50.7 Å². The van der Waals surface area contributed by atoms with Crippen molar-refractivity contribution in [1.29, 1.82) is 0 Å². The minimum atomic E-state index is 0.686. The molecule has 0 saturated carbocycles. The maximum atomic E-state index is 5.56. The van der Waals surface area contributed by atoms with Crippen molar-refractivity contribution in [3.05, 3.63) is 212 Å². The van der Waals surface area contributed by atoms with Crippen LogP contribution in [-0.4, -0.2) is 14.5 Å². The van der Waals surface area contributed by atoms with Crippen LogP contribution in [0, 0.1) is 6.92 Å². The molecule has 0 unspecified atom stereocenters. The fourth-order valence-electron chi connectivity index (χ4n) is 9.49. The molecule has 3 nitrogen and oxygen atoms in total. The predicted octanol–water partition coefficient (Wildman–Crippen LogP) is 15.2.